The Labute approximate surface area is 99.1 Å². The Balaban J connectivity index is 2.16. The largest absolute Gasteiger partial charge is 0.370 e. The highest BCUT2D eigenvalue weighted by atomic mass is 15.1. The van der Waals surface area contributed by atoms with Gasteiger partial charge in [-0.2, -0.15) is 0 Å². The lowest BCUT2D eigenvalue weighted by molar-refractivity contribution is 0.180. The van der Waals surface area contributed by atoms with Crippen molar-refractivity contribution in [1.82, 2.24) is 4.90 Å². The molecule has 0 atom stereocenters. The highest BCUT2D eigenvalue weighted by Crippen LogP contribution is 2.18. The van der Waals surface area contributed by atoms with Gasteiger partial charge in [-0.3, -0.25) is 4.99 Å². The van der Waals surface area contributed by atoms with E-state index in [1.165, 1.54) is 38.9 Å². The summed E-state index contributed by atoms with van der Waals surface area (Å²) < 4.78 is 0. The van der Waals surface area contributed by atoms with Crippen LogP contribution >= 0.6 is 0 Å². The van der Waals surface area contributed by atoms with Crippen molar-refractivity contribution in [2.24, 2.45) is 28.3 Å². The molecule has 1 fully saturated rings. The number of aliphatic imine (C=N–C) groups is 1. The minimum absolute atomic E-state index is 0.224. The second-order valence-electron chi connectivity index (χ2n) is 5.23. The zero-order chi connectivity index (χ0) is 12.0. The molecule has 4 nitrogen and oxygen atoms in total. The van der Waals surface area contributed by atoms with E-state index in [0.717, 1.165) is 12.5 Å². The molecule has 0 amide bonds. The van der Waals surface area contributed by atoms with Crippen LogP contribution in [0.5, 0.6) is 0 Å². The number of hydrogen-bond acceptors (Lipinski definition) is 2. The Bertz CT molecular complexity index is 213. The van der Waals surface area contributed by atoms with Gasteiger partial charge in [0.15, 0.2) is 5.96 Å². The molecule has 1 aliphatic rings. The van der Waals surface area contributed by atoms with Gasteiger partial charge < -0.3 is 16.4 Å². The van der Waals surface area contributed by atoms with Crippen LogP contribution in [0.1, 0.15) is 33.1 Å². The Morgan fingerprint density at radius 3 is 2.44 bits per heavy atom. The summed E-state index contributed by atoms with van der Waals surface area (Å²) in [4.78, 5) is 6.66. The third kappa shape index (κ3) is 5.35. The summed E-state index contributed by atoms with van der Waals surface area (Å²) in [5, 5.41) is 0. The van der Waals surface area contributed by atoms with Gasteiger partial charge in [-0.15, -0.1) is 0 Å². The van der Waals surface area contributed by atoms with Crippen LogP contribution in [0.2, 0.25) is 0 Å². The van der Waals surface area contributed by atoms with E-state index in [-0.39, 0.29) is 5.96 Å². The van der Waals surface area contributed by atoms with E-state index in [0.29, 0.717) is 5.92 Å². The Hall–Kier alpha value is -0.770. The molecule has 0 radical (unpaired) electrons. The van der Waals surface area contributed by atoms with Crippen LogP contribution in [-0.2, 0) is 0 Å². The molecule has 0 aromatic rings. The predicted molar refractivity (Wildman–Crippen MR) is 69.3 cm³/mol. The van der Waals surface area contributed by atoms with Crippen LogP contribution in [0.15, 0.2) is 4.99 Å². The van der Waals surface area contributed by atoms with Crippen molar-refractivity contribution in [3.8, 4) is 0 Å². The van der Waals surface area contributed by atoms with Gasteiger partial charge >= 0.3 is 0 Å². The van der Waals surface area contributed by atoms with Gasteiger partial charge in [0.25, 0.3) is 0 Å². The summed E-state index contributed by atoms with van der Waals surface area (Å²) >= 11 is 0. The molecule has 1 heterocycles. The maximum atomic E-state index is 5.34. The highest BCUT2D eigenvalue weighted by molar-refractivity contribution is 5.75. The van der Waals surface area contributed by atoms with Gasteiger partial charge in [0.2, 0.25) is 0 Å². The zero-order valence-corrected chi connectivity index (χ0v) is 10.7. The molecule has 0 saturated carbocycles. The minimum Gasteiger partial charge on any atom is -0.370 e. The molecular weight excluding hydrogens is 200 g/mol. The van der Waals surface area contributed by atoms with Crippen LogP contribution in [0.25, 0.3) is 0 Å². The normalized spacial score (nSPS) is 18.9. The van der Waals surface area contributed by atoms with Gasteiger partial charge in [-0.1, -0.05) is 13.8 Å². The van der Waals surface area contributed by atoms with Gasteiger partial charge in [0, 0.05) is 6.54 Å². The fourth-order valence-electron chi connectivity index (χ4n) is 2.07. The molecule has 0 unspecified atom stereocenters. The summed E-state index contributed by atoms with van der Waals surface area (Å²) in [7, 11) is 0. The molecule has 4 N–H and O–H groups in total. The summed E-state index contributed by atoms with van der Waals surface area (Å²) in [5.41, 5.74) is 10.7. The molecular formula is C12H26N4. The summed E-state index contributed by atoms with van der Waals surface area (Å²) in [5.74, 6) is 1.71. The number of likely N-dealkylation sites (tertiary alicyclic amines) is 1. The summed E-state index contributed by atoms with van der Waals surface area (Å²) in [6.45, 7) is 9.03. The van der Waals surface area contributed by atoms with Crippen molar-refractivity contribution in [2.45, 2.75) is 33.1 Å². The van der Waals surface area contributed by atoms with E-state index >= 15 is 0 Å². The van der Waals surface area contributed by atoms with Crippen molar-refractivity contribution in [3.05, 3.63) is 0 Å². The zero-order valence-electron chi connectivity index (χ0n) is 10.7. The van der Waals surface area contributed by atoms with Crippen LogP contribution in [-0.4, -0.2) is 37.0 Å². The molecule has 94 valence electrons. The molecule has 0 aromatic carbocycles. The first-order chi connectivity index (χ1) is 7.58. The SMILES string of the molecule is CC(C)CCN1CCC(CN=C(N)N)CC1. The van der Waals surface area contributed by atoms with E-state index in [1.807, 2.05) is 0 Å². The number of rotatable bonds is 5. The van der Waals surface area contributed by atoms with E-state index in [4.69, 9.17) is 11.5 Å². The van der Waals surface area contributed by atoms with Gasteiger partial charge in [0.1, 0.15) is 0 Å². The van der Waals surface area contributed by atoms with E-state index < -0.39 is 0 Å². The van der Waals surface area contributed by atoms with Crippen LogP contribution in [0.3, 0.4) is 0 Å². The third-order valence-electron chi connectivity index (χ3n) is 3.26. The molecule has 1 aliphatic heterocycles. The van der Waals surface area contributed by atoms with Crippen molar-refractivity contribution in [3.63, 3.8) is 0 Å². The second kappa shape index (κ2) is 6.74. The molecule has 4 heteroatoms. The standard InChI is InChI=1S/C12H26N4/c1-10(2)3-6-16-7-4-11(5-8-16)9-15-12(13)14/h10-11H,3-9H2,1-2H3,(H4,13,14,15). The summed E-state index contributed by atoms with van der Waals surface area (Å²) in [6, 6.07) is 0. The predicted octanol–water partition coefficient (Wildman–Crippen LogP) is 1.02. The van der Waals surface area contributed by atoms with Gasteiger partial charge in [0.05, 0.1) is 0 Å². The van der Waals surface area contributed by atoms with Crippen LogP contribution in [0, 0.1) is 11.8 Å². The molecule has 0 aromatic heterocycles. The fraction of sp³-hybridized carbons (Fsp3) is 0.917. The monoisotopic (exact) mass is 226 g/mol. The Morgan fingerprint density at radius 1 is 1.31 bits per heavy atom. The maximum Gasteiger partial charge on any atom is 0.185 e. The van der Waals surface area contributed by atoms with E-state index in [2.05, 4.69) is 23.7 Å². The lowest BCUT2D eigenvalue weighted by Crippen LogP contribution is -2.36. The first-order valence-electron chi connectivity index (χ1n) is 6.35. The number of nitrogens with two attached hydrogens (primary N) is 2. The molecule has 16 heavy (non-hydrogen) atoms. The number of hydrogen-bond donors (Lipinski definition) is 2. The number of piperidine rings is 1. The second-order valence-corrected chi connectivity index (χ2v) is 5.23. The van der Waals surface area contributed by atoms with Crippen LogP contribution in [0.4, 0.5) is 0 Å². The van der Waals surface area contributed by atoms with Crippen molar-refractivity contribution in [1.29, 1.82) is 0 Å². The van der Waals surface area contributed by atoms with Crippen molar-refractivity contribution in [2.75, 3.05) is 26.2 Å². The molecule has 0 aliphatic carbocycles. The minimum atomic E-state index is 0.224. The molecule has 1 saturated heterocycles. The first kappa shape index (κ1) is 13.3. The van der Waals surface area contributed by atoms with E-state index in [1.54, 1.807) is 0 Å². The topological polar surface area (TPSA) is 67.6 Å². The average molecular weight is 226 g/mol. The molecule has 0 bridgehead atoms. The lowest BCUT2D eigenvalue weighted by atomic mass is 9.96. The quantitative estimate of drug-likeness (QED) is 0.543. The first-order valence-corrected chi connectivity index (χ1v) is 6.35. The highest BCUT2D eigenvalue weighted by Gasteiger charge is 2.18. The number of guanidine groups is 1. The smallest absolute Gasteiger partial charge is 0.185 e. The average Bonchev–Trinajstić information content (AvgIpc) is 2.25. The van der Waals surface area contributed by atoms with Crippen LogP contribution < -0.4 is 11.5 Å². The van der Waals surface area contributed by atoms with E-state index in [9.17, 15) is 0 Å². The number of nitrogens with zero attached hydrogens (tertiary/aromatic N) is 2. The molecule has 1 rings (SSSR count). The van der Waals surface area contributed by atoms with Gasteiger partial charge in [-0.25, -0.2) is 0 Å². The lowest BCUT2D eigenvalue weighted by Gasteiger charge is -2.31. The fourth-order valence-corrected chi connectivity index (χ4v) is 2.07. The third-order valence-corrected chi connectivity index (χ3v) is 3.26. The maximum absolute atomic E-state index is 5.34. The summed E-state index contributed by atoms with van der Waals surface area (Å²) in [6.07, 6.45) is 3.77. The van der Waals surface area contributed by atoms with Gasteiger partial charge in [-0.05, 0) is 50.7 Å². The van der Waals surface area contributed by atoms with Crippen molar-refractivity contribution >= 4 is 5.96 Å². The Morgan fingerprint density at radius 2 is 1.94 bits per heavy atom. The Kier molecular flexibility index (Phi) is 5.60. The molecule has 0 spiro atoms. The van der Waals surface area contributed by atoms with Crippen molar-refractivity contribution < 1.29 is 0 Å².